The van der Waals surface area contributed by atoms with Crippen LogP contribution in [0.3, 0.4) is 0 Å². The first kappa shape index (κ1) is 14.0. The summed E-state index contributed by atoms with van der Waals surface area (Å²) in [4.78, 5) is 2.79. The standard InChI is InChI=1S/C15H31N/c1-5-8-11-15(4,7-3)16(12-6-2)13-14-9-10-14/h14H,5-13H2,1-4H3. The van der Waals surface area contributed by atoms with Gasteiger partial charge in [-0.05, 0) is 51.5 Å². The molecule has 0 heterocycles. The highest BCUT2D eigenvalue weighted by atomic mass is 15.2. The number of rotatable bonds is 9. The molecule has 0 aromatic heterocycles. The van der Waals surface area contributed by atoms with Gasteiger partial charge in [0.2, 0.25) is 0 Å². The van der Waals surface area contributed by atoms with Crippen LogP contribution in [0.4, 0.5) is 0 Å². The molecule has 0 spiro atoms. The maximum atomic E-state index is 2.79. The van der Waals surface area contributed by atoms with Gasteiger partial charge in [0.15, 0.2) is 0 Å². The summed E-state index contributed by atoms with van der Waals surface area (Å²) in [5.41, 5.74) is 0.467. The Labute approximate surface area is 103 Å². The molecule has 1 rings (SSSR count). The molecule has 0 aliphatic heterocycles. The third kappa shape index (κ3) is 4.08. The Morgan fingerprint density at radius 2 is 1.81 bits per heavy atom. The van der Waals surface area contributed by atoms with E-state index >= 15 is 0 Å². The van der Waals surface area contributed by atoms with E-state index in [-0.39, 0.29) is 0 Å². The van der Waals surface area contributed by atoms with Crippen LogP contribution < -0.4 is 0 Å². The van der Waals surface area contributed by atoms with Gasteiger partial charge in [-0.2, -0.15) is 0 Å². The van der Waals surface area contributed by atoms with E-state index in [4.69, 9.17) is 0 Å². The van der Waals surface area contributed by atoms with E-state index in [0.29, 0.717) is 5.54 Å². The van der Waals surface area contributed by atoms with Crippen LogP contribution in [-0.2, 0) is 0 Å². The summed E-state index contributed by atoms with van der Waals surface area (Å²) in [6.07, 6.45) is 9.66. The molecule has 1 atom stereocenters. The van der Waals surface area contributed by atoms with Gasteiger partial charge < -0.3 is 0 Å². The Hall–Kier alpha value is -0.0400. The second-order valence-electron chi connectivity index (χ2n) is 5.84. The Morgan fingerprint density at radius 3 is 2.25 bits per heavy atom. The summed E-state index contributed by atoms with van der Waals surface area (Å²) in [5, 5.41) is 0. The monoisotopic (exact) mass is 225 g/mol. The number of hydrogen-bond acceptors (Lipinski definition) is 1. The molecule has 1 heteroatoms. The van der Waals surface area contributed by atoms with Crippen LogP contribution in [0.15, 0.2) is 0 Å². The maximum absolute atomic E-state index is 2.79. The summed E-state index contributed by atoms with van der Waals surface area (Å²) in [5.74, 6) is 1.03. The third-order valence-corrected chi connectivity index (χ3v) is 4.26. The second-order valence-corrected chi connectivity index (χ2v) is 5.84. The number of hydrogen-bond donors (Lipinski definition) is 0. The van der Waals surface area contributed by atoms with E-state index in [0.717, 1.165) is 5.92 Å². The smallest absolute Gasteiger partial charge is 0.0178 e. The van der Waals surface area contributed by atoms with E-state index in [1.54, 1.807) is 0 Å². The third-order valence-electron chi connectivity index (χ3n) is 4.26. The highest BCUT2D eigenvalue weighted by molar-refractivity contribution is 4.88. The highest BCUT2D eigenvalue weighted by Crippen LogP contribution is 2.34. The van der Waals surface area contributed by atoms with Crippen molar-refractivity contribution >= 4 is 0 Å². The van der Waals surface area contributed by atoms with Crippen molar-refractivity contribution in [3.05, 3.63) is 0 Å². The zero-order valence-electron chi connectivity index (χ0n) is 11.9. The minimum absolute atomic E-state index is 0.467. The van der Waals surface area contributed by atoms with Crippen molar-refractivity contribution in [1.82, 2.24) is 4.90 Å². The average Bonchev–Trinajstić information content (AvgIpc) is 3.09. The van der Waals surface area contributed by atoms with Crippen molar-refractivity contribution in [3.8, 4) is 0 Å². The molecule has 0 bridgehead atoms. The van der Waals surface area contributed by atoms with Gasteiger partial charge in [-0.25, -0.2) is 0 Å². The van der Waals surface area contributed by atoms with Crippen LogP contribution in [0.5, 0.6) is 0 Å². The fourth-order valence-corrected chi connectivity index (χ4v) is 2.58. The Kier molecular flexibility index (Phi) is 5.82. The van der Waals surface area contributed by atoms with E-state index in [2.05, 4.69) is 32.6 Å². The molecule has 0 aromatic carbocycles. The summed E-state index contributed by atoms with van der Waals surface area (Å²) in [6, 6.07) is 0. The predicted octanol–water partition coefficient (Wildman–Crippen LogP) is 4.47. The van der Waals surface area contributed by atoms with Gasteiger partial charge in [-0.3, -0.25) is 4.90 Å². The molecule has 0 amide bonds. The normalized spacial score (nSPS) is 20.1. The molecule has 1 aliphatic carbocycles. The predicted molar refractivity (Wildman–Crippen MR) is 72.8 cm³/mol. The minimum Gasteiger partial charge on any atom is -0.298 e. The number of nitrogens with zero attached hydrogens (tertiary/aromatic N) is 1. The molecule has 1 fully saturated rings. The van der Waals surface area contributed by atoms with Gasteiger partial charge in [0, 0.05) is 12.1 Å². The van der Waals surface area contributed by atoms with Crippen molar-refractivity contribution in [2.45, 2.75) is 78.2 Å². The van der Waals surface area contributed by atoms with Gasteiger partial charge in [0.25, 0.3) is 0 Å². The molecule has 0 radical (unpaired) electrons. The lowest BCUT2D eigenvalue weighted by Gasteiger charge is -2.41. The molecule has 1 saturated carbocycles. The molecule has 0 N–H and O–H groups in total. The molecule has 1 nitrogen and oxygen atoms in total. The van der Waals surface area contributed by atoms with Crippen molar-refractivity contribution in [2.24, 2.45) is 5.92 Å². The molecule has 16 heavy (non-hydrogen) atoms. The van der Waals surface area contributed by atoms with Crippen LogP contribution in [-0.4, -0.2) is 23.5 Å². The molecule has 96 valence electrons. The summed E-state index contributed by atoms with van der Waals surface area (Å²) in [6.45, 7) is 12.1. The van der Waals surface area contributed by atoms with Crippen LogP contribution in [0.1, 0.15) is 72.6 Å². The zero-order valence-corrected chi connectivity index (χ0v) is 11.9. The quantitative estimate of drug-likeness (QED) is 0.560. The second kappa shape index (κ2) is 6.64. The van der Waals surface area contributed by atoms with Crippen LogP contribution in [0.2, 0.25) is 0 Å². The van der Waals surface area contributed by atoms with E-state index < -0.39 is 0 Å². The SMILES string of the molecule is CCCCC(C)(CC)N(CCC)CC1CC1. The lowest BCUT2D eigenvalue weighted by molar-refractivity contribution is 0.0821. The summed E-state index contributed by atoms with van der Waals surface area (Å²) >= 11 is 0. The molecule has 1 unspecified atom stereocenters. The van der Waals surface area contributed by atoms with Crippen molar-refractivity contribution in [1.29, 1.82) is 0 Å². The first-order chi connectivity index (χ1) is 7.66. The highest BCUT2D eigenvalue weighted by Gasteiger charge is 2.33. The van der Waals surface area contributed by atoms with E-state index in [1.165, 1.54) is 58.0 Å². The first-order valence-electron chi connectivity index (χ1n) is 7.41. The largest absolute Gasteiger partial charge is 0.298 e. The van der Waals surface area contributed by atoms with Crippen LogP contribution in [0.25, 0.3) is 0 Å². The topological polar surface area (TPSA) is 3.24 Å². The average molecular weight is 225 g/mol. The van der Waals surface area contributed by atoms with E-state index in [1.807, 2.05) is 0 Å². The fraction of sp³-hybridized carbons (Fsp3) is 1.00. The van der Waals surface area contributed by atoms with Crippen molar-refractivity contribution in [2.75, 3.05) is 13.1 Å². The lowest BCUT2D eigenvalue weighted by atomic mass is 9.89. The maximum Gasteiger partial charge on any atom is 0.0178 e. The van der Waals surface area contributed by atoms with Crippen LogP contribution >= 0.6 is 0 Å². The van der Waals surface area contributed by atoms with Gasteiger partial charge in [-0.1, -0.05) is 33.6 Å². The van der Waals surface area contributed by atoms with Crippen LogP contribution in [0, 0.1) is 5.92 Å². The van der Waals surface area contributed by atoms with Crippen molar-refractivity contribution < 1.29 is 0 Å². The molecular formula is C15H31N. The van der Waals surface area contributed by atoms with Crippen molar-refractivity contribution in [3.63, 3.8) is 0 Å². The minimum atomic E-state index is 0.467. The van der Waals surface area contributed by atoms with E-state index in [9.17, 15) is 0 Å². The number of unbranched alkanes of at least 4 members (excludes halogenated alkanes) is 1. The Morgan fingerprint density at radius 1 is 1.12 bits per heavy atom. The fourth-order valence-electron chi connectivity index (χ4n) is 2.58. The van der Waals surface area contributed by atoms with Gasteiger partial charge in [0.05, 0.1) is 0 Å². The molecular weight excluding hydrogens is 194 g/mol. The molecule has 1 aliphatic rings. The van der Waals surface area contributed by atoms with Gasteiger partial charge in [-0.15, -0.1) is 0 Å². The lowest BCUT2D eigenvalue weighted by Crippen LogP contribution is -2.47. The summed E-state index contributed by atoms with van der Waals surface area (Å²) in [7, 11) is 0. The van der Waals surface area contributed by atoms with Gasteiger partial charge >= 0.3 is 0 Å². The first-order valence-corrected chi connectivity index (χ1v) is 7.41. The Balaban J connectivity index is 2.53. The zero-order chi connectivity index (χ0) is 12.0. The molecule has 0 aromatic rings. The summed E-state index contributed by atoms with van der Waals surface area (Å²) < 4.78 is 0. The Bertz CT molecular complexity index is 186. The molecule has 0 saturated heterocycles. The van der Waals surface area contributed by atoms with Gasteiger partial charge in [0.1, 0.15) is 0 Å².